The van der Waals surface area contributed by atoms with E-state index in [4.69, 9.17) is 0 Å². The van der Waals surface area contributed by atoms with Gasteiger partial charge < -0.3 is 15.3 Å². The standard InChI is InChI=1S/C21H38O4/c1-3-5-7-8-9-14-19-17(15-16-20(19)22)11-10-13-18(12-6-4-2)21(23,24)25/h10-11,17-19,23-25H,3-9,12-16H2,1-2H3/t17-,18?,19+/m0/s1. The van der Waals surface area contributed by atoms with Crippen molar-refractivity contribution in [3.8, 4) is 0 Å². The molecule has 0 aromatic carbocycles. The summed E-state index contributed by atoms with van der Waals surface area (Å²) < 4.78 is 0. The third-order valence-corrected chi connectivity index (χ3v) is 5.53. The predicted octanol–water partition coefficient (Wildman–Crippen LogP) is 4.33. The van der Waals surface area contributed by atoms with E-state index in [0.29, 0.717) is 25.0 Å². The monoisotopic (exact) mass is 354 g/mol. The number of unbranched alkanes of at least 4 members (excludes halogenated alkanes) is 5. The maximum Gasteiger partial charge on any atom is 0.278 e. The van der Waals surface area contributed by atoms with E-state index in [1.54, 1.807) is 0 Å². The van der Waals surface area contributed by atoms with Gasteiger partial charge in [-0.2, -0.15) is 0 Å². The van der Waals surface area contributed by atoms with Crippen LogP contribution in [0, 0.1) is 17.8 Å². The Morgan fingerprint density at radius 2 is 1.76 bits per heavy atom. The molecule has 3 N–H and O–H groups in total. The summed E-state index contributed by atoms with van der Waals surface area (Å²) in [7, 11) is 0. The second-order valence-electron chi connectivity index (χ2n) is 7.67. The third kappa shape index (κ3) is 8.48. The second kappa shape index (κ2) is 11.8. The molecule has 3 atom stereocenters. The average molecular weight is 355 g/mol. The Labute approximate surface area is 153 Å². The van der Waals surface area contributed by atoms with Gasteiger partial charge in [0.25, 0.3) is 5.97 Å². The van der Waals surface area contributed by atoms with Crippen molar-refractivity contribution in [3.05, 3.63) is 12.2 Å². The van der Waals surface area contributed by atoms with E-state index < -0.39 is 11.9 Å². The molecule has 0 amide bonds. The minimum absolute atomic E-state index is 0.133. The summed E-state index contributed by atoms with van der Waals surface area (Å²) in [6, 6.07) is 0. The van der Waals surface area contributed by atoms with Gasteiger partial charge >= 0.3 is 0 Å². The summed E-state index contributed by atoms with van der Waals surface area (Å²) in [5.74, 6) is -2.41. The number of allylic oxidation sites excluding steroid dienone is 2. The van der Waals surface area contributed by atoms with Gasteiger partial charge in [-0.1, -0.05) is 70.9 Å². The lowest BCUT2D eigenvalue weighted by molar-refractivity contribution is -0.342. The Bertz CT molecular complexity index is 397. The van der Waals surface area contributed by atoms with E-state index in [1.807, 2.05) is 13.0 Å². The number of Topliss-reactive ketones (excluding diaryl/α,β-unsaturated/α-hetero) is 1. The number of hydrogen-bond donors (Lipinski definition) is 3. The Hall–Kier alpha value is -0.710. The lowest BCUT2D eigenvalue weighted by Crippen LogP contribution is -2.37. The van der Waals surface area contributed by atoms with E-state index in [1.165, 1.54) is 25.7 Å². The fourth-order valence-corrected chi connectivity index (χ4v) is 3.85. The highest BCUT2D eigenvalue weighted by Crippen LogP contribution is 2.34. The molecule has 1 aliphatic carbocycles. The molecule has 0 spiro atoms. The van der Waals surface area contributed by atoms with E-state index in [2.05, 4.69) is 13.0 Å². The first kappa shape index (κ1) is 22.3. The van der Waals surface area contributed by atoms with Gasteiger partial charge in [-0.3, -0.25) is 4.79 Å². The predicted molar refractivity (Wildman–Crippen MR) is 101 cm³/mol. The second-order valence-corrected chi connectivity index (χ2v) is 7.67. The van der Waals surface area contributed by atoms with Crippen molar-refractivity contribution in [2.45, 2.75) is 96.9 Å². The number of aliphatic hydroxyl groups is 3. The first-order valence-electron chi connectivity index (χ1n) is 10.3. The highest BCUT2D eigenvalue weighted by molar-refractivity contribution is 5.83. The molecule has 0 saturated heterocycles. The van der Waals surface area contributed by atoms with Crippen LogP contribution in [0.2, 0.25) is 0 Å². The van der Waals surface area contributed by atoms with Gasteiger partial charge in [-0.15, -0.1) is 0 Å². The summed E-state index contributed by atoms with van der Waals surface area (Å²) >= 11 is 0. The molecule has 0 bridgehead atoms. The van der Waals surface area contributed by atoms with Crippen LogP contribution in [0.3, 0.4) is 0 Å². The molecule has 4 nitrogen and oxygen atoms in total. The molecule has 25 heavy (non-hydrogen) atoms. The minimum atomic E-state index is -2.62. The van der Waals surface area contributed by atoms with E-state index >= 15 is 0 Å². The number of carbonyl (C=O) groups excluding carboxylic acids is 1. The molecule has 1 rings (SSSR count). The van der Waals surface area contributed by atoms with Crippen molar-refractivity contribution in [2.24, 2.45) is 17.8 Å². The van der Waals surface area contributed by atoms with Crippen molar-refractivity contribution in [3.63, 3.8) is 0 Å². The summed E-state index contributed by atoms with van der Waals surface area (Å²) in [6.45, 7) is 4.24. The zero-order valence-corrected chi connectivity index (χ0v) is 16.1. The van der Waals surface area contributed by atoms with Crippen LogP contribution in [-0.2, 0) is 4.79 Å². The van der Waals surface area contributed by atoms with Gasteiger partial charge in [0, 0.05) is 18.3 Å². The molecule has 0 radical (unpaired) electrons. The topological polar surface area (TPSA) is 77.8 Å². The maximum atomic E-state index is 12.1. The highest BCUT2D eigenvalue weighted by atomic mass is 16.7. The molecule has 1 saturated carbocycles. The molecule has 1 unspecified atom stereocenters. The molecule has 1 aliphatic rings. The van der Waals surface area contributed by atoms with Gasteiger partial charge in [-0.25, -0.2) is 0 Å². The Kier molecular flexibility index (Phi) is 10.6. The molecule has 1 fully saturated rings. The molecule has 0 aliphatic heterocycles. The maximum absolute atomic E-state index is 12.1. The number of carbonyl (C=O) groups is 1. The largest absolute Gasteiger partial charge is 0.343 e. The molecular weight excluding hydrogens is 316 g/mol. The third-order valence-electron chi connectivity index (χ3n) is 5.53. The molecular formula is C21H38O4. The van der Waals surface area contributed by atoms with Gasteiger partial charge in [0.05, 0.1) is 0 Å². The van der Waals surface area contributed by atoms with Gasteiger partial charge in [0.2, 0.25) is 0 Å². The molecule has 0 aromatic heterocycles. The summed E-state index contributed by atoms with van der Waals surface area (Å²) in [5, 5.41) is 28.5. The van der Waals surface area contributed by atoms with Crippen molar-refractivity contribution in [2.75, 3.05) is 0 Å². The van der Waals surface area contributed by atoms with Gasteiger partial charge in [-0.05, 0) is 31.6 Å². The Morgan fingerprint density at radius 3 is 2.40 bits per heavy atom. The highest BCUT2D eigenvalue weighted by Gasteiger charge is 2.33. The number of rotatable bonds is 13. The summed E-state index contributed by atoms with van der Waals surface area (Å²) in [4.78, 5) is 12.1. The van der Waals surface area contributed by atoms with E-state index in [9.17, 15) is 20.1 Å². The van der Waals surface area contributed by atoms with Crippen molar-refractivity contribution >= 4 is 5.78 Å². The van der Waals surface area contributed by atoms with Crippen LogP contribution in [0.5, 0.6) is 0 Å². The van der Waals surface area contributed by atoms with Crippen molar-refractivity contribution in [1.82, 2.24) is 0 Å². The van der Waals surface area contributed by atoms with Gasteiger partial charge in [0.15, 0.2) is 0 Å². The van der Waals surface area contributed by atoms with E-state index in [0.717, 1.165) is 32.1 Å². The minimum Gasteiger partial charge on any atom is -0.343 e. The Morgan fingerprint density at radius 1 is 1.08 bits per heavy atom. The fraction of sp³-hybridized carbons (Fsp3) is 0.857. The average Bonchev–Trinajstić information content (AvgIpc) is 2.89. The SMILES string of the molecule is CCCCCCC[C@H]1C(=O)CC[C@@H]1C=CCC(CCCC)C(O)(O)O. The number of ketones is 1. The van der Waals surface area contributed by atoms with Crippen LogP contribution in [0.25, 0.3) is 0 Å². The smallest absolute Gasteiger partial charge is 0.278 e. The zero-order valence-electron chi connectivity index (χ0n) is 16.1. The molecule has 0 aromatic rings. The quantitative estimate of drug-likeness (QED) is 0.261. The molecule has 4 heteroatoms. The Balaban J connectivity index is 2.48. The van der Waals surface area contributed by atoms with Crippen LogP contribution in [0.1, 0.15) is 90.9 Å². The zero-order chi connectivity index (χ0) is 18.7. The van der Waals surface area contributed by atoms with Crippen LogP contribution < -0.4 is 0 Å². The summed E-state index contributed by atoms with van der Waals surface area (Å²) in [5.41, 5.74) is 0. The summed E-state index contributed by atoms with van der Waals surface area (Å²) in [6.07, 6.45) is 15.4. The van der Waals surface area contributed by atoms with E-state index in [-0.39, 0.29) is 11.8 Å². The van der Waals surface area contributed by atoms with Crippen LogP contribution in [0.15, 0.2) is 12.2 Å². The molecule has 0 heterocycles. The fourth-order valence-electron chi connectivity index (χ4n) is 3.85. The van der Waals surface area contributed by atoms with Gasteiger partial charge in [0.1, 0.15) is 5.78 Å². The van der Waals surface area contributed by atoms with Crippen LogP contribution in [-0.4, -0.2) is 27.1 Å². The lowest BCUT2D eigenvalue weighted by atomic mass is 9.88. The molecule has 146 valence electrons. The lowest BCUT2D eigenvalue weighted by Gasteiger charge is -2.25. The van der Waals surface area contributed by atoms with Crippen molar-refractivity contribution < 1.29 is 20.1 Å². The normalized spacial score (nSPS) is 22.8. The first-order chi connectivity index (χ1) is 11.9. The number of hydrogen-bond acceptors (Lipinski definition) is 4. The van der Waals surface area contributed by atoms with Crippen LogP contribution >= 0.6 is 0 Å². The van der Waals surface area contributed by atoms with Crippen molar-refractivity contribution in [1.29, 1.82) is 0 Å². The first-order valence-corrected chi connectivity index (χ1v) is 10.3. The van der Waals surface area contributed by atoms with Crippen LogP contribution in [0.4, 0.5) is 0 Å².